The van der Waals surface area contributed by atoms with Crippen LogP contribution in [0.5, 0.6) is 0 Å². The molecule has 1 heterocycles. The van der Waals surface area contributed by atoms with Gasteiger partial charge in [-0.1, -0.05) is 6.08 Å². The molecular weight excluding hydrogens is 302 g/mol. The number of amides is 1. The number of ether oxygens (including phenoxy) is 3. The Morgan fingerprint density at radius 2 is 1.43 bits per heavy atom. The molecule has 1 aliphatic heterocycles. The van der Waals surface area contributed by atoms with Crippen LogP contribution in [-0.2, 0) is 23.8 Å². The van der Waals surface area contributed by atoms with Crippen molar-refractivity contribution in [2.75, 3.05) is 6.54 Å². The maximum absolute atomic E-state index is 12.2. The van der Waals surface area contributed by atoms with Gasteiger partial charge < -0.3 is 14.2 Å². The smallest absolute Gasteiger partial charge is 0.415 e. The molecule has 7 heteroatoms. The van der Waals surface area contributed by atoms with Crippen LogP contribution in [0.3, 0.4) is 0 Å². The Labute approximate surface area is 136 Å². The molecule has 1 aliphatic rings. The number of hydrogen-bond donors (Lipinski definition) is 0. The van der Waals surface area contributed by atoms with Gasteiger partial charge in [-0.15, -0.1) is 0 Å². The van der Waals surface area contributed by atoms with Crippen molar-refractivity contribution >= 4 is 18.0 Å². The Morgan fingerprint density at radius 1 is 0.957 bits per heavy atom. The van der Waals surface area contributed by atoms with Crippen LogP contribution in [0.1, 0.15) is 48.0 Å². The summed E-state index contributed by atoms with van der Waals surface area (Å²) in [5.74, 6) is -1.91. The van der Waals surface area contributed by atoms with E-state index in [2.05, 4.69) is 0 Å². The van der Waals surface area contributed by atoms with Crippen LogP contribution in [0.15, 0.2) is 12.3 Å². The zero-order valence-corrected chi connectivity index (χ0v) is 14.5. The van der Waals surface area contributed by atoms with E-state index >= 15 is 0 Å². The standard InChI is InChI=1S/C16H25NO6/c1-15(2,3)22-12(18)11(13(19)23-16(4,5)6)21-14(20)17-9-7-8-10-17/h7,9,11H,8,10H2,1-6H3. The highest BCUT2D eigenvalue weighted by Gasteiger charge is 2.39. The van der Waals surface area contributed by atoms with Gasteiger partial charge in [0.15, 0.2) is 0 Å². The first-order valence-electron chi connectivity index (χ1n) is 7.49. The fourth-order valence-corrected chi connectivity index (χ4v) is 1.71. The second kappa shape index (κ2) is 7.02. The molecule has 0 aromatic rings. The number of nitrogens with zero attached hydrogens (tertiary/aromatic N) is 1. The average molecular weight is 327 g/mol. The fourth-order valence-electron chi connectivity index (χ4n) is 1.71. The molecule has 0 spiro atoms. The summed E-state index contributed by atoms with van der Waals surface area (Å²) in [5, 5.41) is 0. The summed E-state index contributed by atoms with van der Waals surface area (Å²) in [6.07, 6.45) is 1.48. The molecule has 1 amide bonds. The van der Waals surface area contributed by atoms with Gasteiger partial charge in [0.2, 0.25) is 0 Å². The number of carbonyl (C=O) groups excluding carboxylic acids is 3. The first-order valence-corrected chi connectivity index (χ1v) is 7.49. The molecule has 0 N–H and O–H groups in total. The average Bonchev–Trinajstić information content (AvgIpc) is 2.84. The second-order valence-corrected chi connectivity index (χ2v) is 7.20. The van der Waals surface area contributed by atoms with E-state index in [1.165, 1.54) is 4.90 Å². The second-order valence-electron chi connectivity index (χ2n) is 7.20. The highest BCUT2D eigenvalue weighted by molar-refractivity contribution is 6.00. The first-order chi connectivity index (χ1) is 10.4. The van der Waals surface area contributed by atoms with Crippen molar-refractivity contribution in [3.05, 3.63) is 12.3 Å². The number of carbonyl (C=O) groups is 3. The summed E-state index contributed by atoms with van der Waals surface area (Å²) in [5.41, 5.74) is -1.64. The van der Waals surface area contributed by atoms with Crippen molar-refractivity contribution in [3.63, 3.8) is 0 Å². The summed E-state index contributed by atoms with van der Waals surface area (Å²) < 4.78 is 15.3. The summed E-state index contributed by atoms with van der Waals surface area (Å²) in [4.78, 5) is 37.7. The van der Waals surface area contributed by atoms with Crippen molar-refractivity contribution < 1.29 is 28.6 Å². The molecule has 0 aromatic carbocycles. The van der Waals surface area contributed by atoms with E-state index in [1.54, 1.807) is 53.8 Å². The van der Waals surface area contributed by atoms with Gasteiger partial charge in [-0.3, -0.25) is 4.90 Å². The lowest BCUT2D eigenvalue weighted by molar-refractivity contribution is -0.181. The van der Waals surface area contributed by atoms with E-state index in [-0.39, 0.29) is 0 Å². The highest BCUT2D eigenvalue weighted by atomic mass is 16.6. The third-order valence-corrected chi connectivity index (χ3v) is 2.52. The van der Waals surface area contributed by atoms with Gasteiger partial charge in [-0.25, -0.2) is 14.4 Å². The van der Waals surface area contributed by atoms with Crippen molar-refractivity contribution in [3.8, 4) is 0 Å². The lowest BCUT2D eigenvalue weighted by Gasteiger charge is -2.26. The minimum absolute atomic E-state index is 0.439. The van der Waals surface area contributed by atoms with Gasteiger partial charge in [0.1, 0.15) is 11.2 Å². The summed E-state index contributed by atoms with van der Waals surface area (Å²) in [6.45, 7) is 10.4. The zero-order valence-electron chi connectivity index (χ0n) is 14.5. The third kappa shape index (κ3) is 6.71. The number of hydrogen-bond acceptors (Lipinski definition) is 6. The minimum atomic E-state index is -1.75. The molecule has 23 heavy (non-hydrogen) atoms. The Bertz CT molecular complexity index is 470. The van der Waals surface area contributed by atoms with Crippen LogP contribution < -0.4 is 0 Å². The van der Waals surface area contributed by atoms with Crippen LogP contribution in [0.25, 0.3) is 0 Å². The van der Waals surface area contributed by atoms with Crippen LogP contribution in [0.4, 0.5) is 4.79 Å². The maximum Gasteiger partial charge on any atom is 0.415 e. The van der Waals surface area contributed by atoms with E-state index in [1.807, 2.05) is 0 Å². The van der Waals surface area contributed by atoms with Gasteiger partial charge in [-0.05, 0) is 48.0 Å². The van der Waals surface area contributed by atoms with E-state index in [9.17, 15) is 14.4 Å². The Balaban J connectivity index is 2.86. The van der Waals surface area contributed by atoms with Crippen molar-refractivity contribution in [2.24, 2.45) is 0 Å². The molecule has 0 aliphatic carbocycles. The molecule has 7 nitrogen and oxygen atoms in total. The van der Waals surface area contributed by atoms with Crippen LogP contribution in [-0.4, -0.2) is 46.8 Å². The molecule has 0 bridgehead atoms. The molecule has 0 atom stereocenters. The zero-order chi connectivity index (χ0) is 17.8. The lowest BCUT2D eigenvalue weighted by Crippen LogP contribution is -2.45. The fraction of sp³-hybridized carbons (Fsp3) is 0.688. The van der Waals surface area contributed by atoms with E-state index < -0.39 is 35.3 Å². The van der Waals surface area contributed by atoms with E-state index in [4.69, 9.17) is 14.2 Å². The molecule has 0 unspecified atom stereocenters. The predicted octanol–water partition coefficient (Wildman–Crippen LogP) is 2.39. The Hall–Kier alpha value is -2.05. The largest absolute Gasteiger partial charge is 0.457 e. The van der Waals surface area contributed by atoms with Gasteiger partial charge in [0, 0.05) is 12.7 Å². The summed E-state index contributed by atoms with van der Waals surface area (Å²) in [6, 6.07) is 0. The van der Waals surface area contributed by atoms with E-state index in [0.29, 0.717) is 13.0 Å². The van der Waals surface area contributed by atoms with Gasteiger partial charge >= 0.3 is 18.0 Å². The van der Waals surface area contributed by atoms with Crippen LogP contribution >= 0.6 is 0 Å². The summed E-state index contributed by atoms with van der Waals surface area (Å²) in [7, 11) is 0. The van der Waals surface area contributed by atoms with Gasteiger partial charge in [-0.2, -0.15) is 0 Å². The van der Waals surface area contributed by atoms with Crippen molar-refractivity contribution in [2.45, 2.75) is 65.3 Å². The maximum atomic E-state index is 12.2. The lowest BCUT2D eigenvalue weighted by atomic mass is 10.2. The number of esters is 2. The normalized spacial score (nSPS) is 14.8. The topological polar surface area (TPSA) is 82.1 Å². The molecule has 1 rings (SSSR count). The minimum Gasteiger partial charge on any atom is -0.457 e. The predicted molar refractivity (Wildman–Crippen MR) is 82.4 cm³/mol. The number of rotatable bonds is 3. The molecule has 0 fully saturated rings. The van der Waals surface area contributed by atoms with Crippen molar-refractivity contribution in [1.82, 2.24) is 4.90 Å². The Morgan fingerprint density at radius 3 is 1.78 bits per heavy atom. The van der Waals surface area contributed by atoms with Gasteiger partial charge in [0.05, 0.1) is 0 Å². The third-order valence-electron chi connectivity index (χ3n) is 2.52. The van der Waals surface area contributed by atoms with Crippen LogP contribution in [0, 0.1) is 0 Å². The Kier molecular flexibility index (Phi) is 5.80. The van der Waals surface area contributed by atoms with Gasteiger partial charge in [0.25, 0.3) is 6.10 Å². The summed E-state index contributed by atoms with van der Waals surface area (Å²) >= 11 is 0. The first kappa shape index (κ1) is 19.0. The monoisotopic (exact) mass is 327 g/mol. The molecule has 0 aromatic heterocycles. The molecule has 0 saturated heterocycles. The van der Waals surface area contributed by atoms with Crippen molar-refractivity contribution in [1.29, 1.82) is 0 Å². The molecule has 0 saturated carbocycles. The van der Waals surface area contributed by atoms with E-state index in [0.717, 1.165) is 0 Å². The highest BCUT2D eigenvalue weighted by Crippen LogP contribution is 2.16. The molecule has 0 radical (unpaired) electrons. The molecule has 130 valence electrons. The molecular formula is C16H25NO6. The SMILES string of the molecule is CC(C)(C)OC(=O)C(OC(=O)N1C=CCC1)C(=O)OC(C)(C)C. The quantitative estimate of drug-likeness (QED) is 0.450. The van der Waals surface area contributed by atoms with Crippen LogP contribution in [0.2, 0.25) is 0 Å².